The number of para-hydroxylation sites is 1. The summed E-state index contributed by atoms with van der Waals surface area (Å²) in [7, 11) is 0. The van der Waals surface area contributed by atoms with Gasteiger partial charge in [-0.2, -0.15) is 0 Å². The van der Waals surface area contributed by atoms with E-state index in [1.165, 1.54) is 27.6 Å². The molecule has 0 bridgehead atoms. The first-order valence-corrected chi connectivity index (χ1v) is 9.57. The van der Waals surface area contributed by atoms with Crippen molar-refractivity contribution in [2.75, 3.05) is 4.90 Å². The van der Waals surface area contributed by atoms with Crippen molar-refractivity contribution in [1.29, 1.82) is 0 Å². The summed E-state index contributed by atoms with van der Waals surface area (Å²) in [5, 5.41) is 11.7. The summed E-state index contributed by atoms with van der Waals surface area (Å²) >= 11 is 2.80. The molecular weight excluding hydrogens is 370 g/mol. The first kappa shape index (κ1) is 15.4. The van der Waals surface area contributed by atoms with Gasteiger partial charge in [0.25, 0.3) is 5.91 Å². The van der Waals surface area contributed by atoms with Crippen LogP contribution in [0.15, 0.2) is 51.0 Å². The molecule has 1 aliphatic heterocycles. The second-order valence-corrected chi connectivity index (χ2v) is 8.01. The molecule has 26 heavy (non-hydrogen) atoms. The monoisotopic (exact) mass is 381 g/mol. The van der Waals surface area contributed by atoms with Gasteiger partial charge in [-0.05, 0) is 30.5 Å². The fourth-order valence-corrected chi connectivity index (χ4v) is 4.75. The van der Waals surface area contributed by atoms with Crippen LogP contribution < -0.4 is 10.3 Å². The van der Waals surface area contributed by atoms with Crippen LogP contribution in [0, 0.1) is 6.92 Å². The third-order valence-corrected chi connectivity index (χ3v) is 6.07. The number of thiophene rings is 1. The zero-order valence-corrected chi connectivity index (χ0v) is 15.1. The summed E-state index contributed by atoms with van der Waals surface area (Å²) in [5.74, 6) is -0.280. The summed E-state index contributed by atoms with van der Waals surface area (Å²) in [4.78, 5) is 28.7. The van der Waals surface area contributed by atoms with Crippen molar-refractivity contribution in [3.8, 4) is 0 Å². The molecule has 3 aromatic heterocycles. The van der Waals surface area contributed by atoms with E-state index in [2.05, 4.69) is 10.2 Å². The molecule has 0 saturated heterocycles. The number of fused-ring (bicyclic) bond motifs is 2. The lowest BCUT2D eigenvalue weighted by Gasteiger charge is -2.20. The number of anilines is 1. The number of hydrogen-bond donors (Lipinski definition) is 0. The highest BCUT2D eigenvalue weighted by molar-refractivity contribution is 7.15. The van der Waals surface area contributed by atoms with Crippen molar-refractivity contribution in [1.82, 2.24) is 10.2 Å². The summed E-state index contributed by atoms with van der Waals surface area (Å²) in [5.41, 5.74) is 0.589. The average Bonchev–Trinajstić information content (AvgIpc) is 3.36. The molecule has 4 heterocycles. The maximum Gasteiger partial charge on any atom is 0.297 e. The van der Waals surface area contributed by atoms with Crippen molar-refractivity contribution in [2.24, 2.45) is 0 Å². The van der Waals surface area contributed by atoms with Crippen LogP contribution in [0.1, 0.15) is 32.0 Å². The number of amides is 1. The minimum Gasteiger partial charge on any atom is -0.450 e. The molecule has 5 rings (SSSR count). The average molecular weight is 381 g/mol. The van der Waals surface area contributed by atoms with Gasteiger partial charge in [-0.1, -0.05) is 29.5 Å². The van der Waals surface area contributed by atoms with Gasteiger partial charge in [0.15, 0.2) is 5.43 Å². The Morgan fingerprint density at radius 1 is 1.12 bits per heavy atom. The molecule has 1 amide bonds. The van der Waals surface area contributed by atoms with E-state index in [9.17, 15) is 9.59 Å². The Morgan fingerprint density at radius 3 is 2.69 bits per heavy atom. The number of carbonyl (C=O) groups is 1. The molecule has 0 radical (unpaired) electrons. The van der Waals surface area contributed by atoms with Crippen molar-refractivity contribution in [2.45, 2.75) is 13.0 Å². The van der Waals surface area contributed by atoms with E-state index in [1.54, 1.807) is 24.3 Å². The highest BCUT2D eigenvalue weighted by atomic mass is 32.1. The maximum absolute atomic E-state index is 13.2. The molecule has 0 aliphatic carbocycles. The molecular formula is C18H11N3O3S2. The number of carbonyl (C=O) groups excluding carboxylic acids is 1. The second kappa shape index (κ2) is 5.58. The highest BCUT2D eigenvalue weighted by Gasteiger charge is 2.45. The topological polar surface area (TPSA) is 76.3 Å². The largest absolute Gasteiger partial charge is 0.450 e. The number of aryl methyl sites for hydroxylation is 1. The Kier molecular flexibility index (Phi) is 3.31. The first-order chi connectivity index (χ1) is 12.6. The molecule has 128 valence electrons. The lowest BCUT2D eigenvalue weighted by Crippen LogP contribution is -2.28. The molecule has 0 N–H and O–H groups in total. The van der Waals surface area contributed by atoms with Crippen LogP contribution >= 0.6 is 22.7 Å². The van der Waals surface area contributed by atoms with Gasteiger partial charge in [0.05, 0.1) is 10.9 Å². The number of nitrogens with zero attached hydrogens (tertiary/aromatic N) is 3. The zero-order valence-electron chi connectivity index (χ0n) is 13.5. The molecule has 0 unspecified atom stereocenters. The van der Waals surface area contributed by atoms with Crippen LogP contribution in [0.2, 0.25) is 0 Å². The summed E-state index contributed by atoms with van der Waals surface area (Å²) in [6.07, 6.45) is 0. The smallest absolute Gasteiger partial charge is 0.297 e. The van der Waals surface area contributed by atoms with Gasteiger partial charge in [-0.3, -0.25) is 14.5 Å². The predicted octanol–water partition coefficient (Wildman–Crippen LogP) is 3.76. The van der Waals surface area contributed by atoms with E-state index in [-0.39, 0.29) is 17.1 Å². The summed E-state index contributed by atoms with van der Waals surface area (Å²) in [6.45, 7) is 1.83. The Hall–Kier alpha value is -2.84. The van der Waals surface area contributed by atoms with Gasteiger partial charge in [0, 0.05) is 4.88 Å². The third-order valence-electron chi connectivity index (χ3n) is 4.31. The molecule has 8 heteroatoms. The molecule has 1 atom stereocenters. The normalized spacial score (nSPS) is 16.4. The maximum atomic E-state index is 13.2. The van der Waals surface area contributed by atoms with E-state index in [0.717, 1.165) is 9.88 Å². The van der Waals surface area contributed by atoms with Crippen LogP contribution in [-0.2, 0) is 0 Å². The van der Waals surface area contributed by atoms with Crippen LogP contribution in [0.25, 0.3) is 11.0 Å². The van der Waals surface area contributed by atoms with Crippen molar-refractivity contribution >= 4 is 44.7 Å². The minimum absolute atomic E-state index is 0.0833. The molecule has 0 spiro atoms. The number of benzene rings is 1. The molecule has 1 aromatic carbocycles. The predicted molar refractivity (Wildman–Crippen MR) is 100 cm³/mol. The van der Waals surface area contributed by atoms with Crippen molar-refractivity contribution in [3.05, 3.63) is 73.2 Å². The highest BCUT2D eigenvalue weighted by Crippen LogP contribution is 2.43. The van der Waals surface area contributed by atoms with Crippen molar-refractivity contribution < 1.29 is 9.21 Å². The number of rotatable bonds is 2. The Labute approximate surface area is 155 Å². The number of hydrogen-bond acceptors (Lipinski definition) is 7. The minimum atomic E-state index is -0.550. The Bertz CT molecular complexity index is 1210. The SMILES string of the molecule is Cc1nnc(N2C(=O)c3oc4ccccc4c(=O)c3[C@@H]2c2cccs2)s1. The van der Waals surface area contributed by atoms with E-state index in [0.29, 0.717) is 21.7 Å². The lowest BCUT2D eigenvalue weighted by molar-refractivity contribution is 0.0971. The van der Waals surface area contributed by atoms with Crippen LogP contribution in [0.3, 0.4) is 0 Å². The van der Waals surface area contributed by atoms with Crippen LogP contribution in [0.4, 0.5) is 5.13 Å². The Morgan fingerprint density at radius 2 is 1.96 bits per heavy atom. The lowest BCUT2D eigenvalue weighted by atomic mass is 10.0. The van der Waals surface area contributed by atoms with Gasteiger partial charge in [0.2, 0.25) is 10.9 Å². The molecule has 0 fully saturated rings. The molecule has 6 nitrogen and oxygen atoms in total. The quantitative estimate of drug-likeness (QED) is 0.528. The standard InChI is InChI=1S/C18H11N3O3S2/c1-9-19-20-18(26-9)21-14(12-7-4-8-25-12)13-15(22)10-5-2-3-6-11(10)24-16(13)17(21)23/h2-8,14H,1H3/t14-/m0/s1. The Balaban J connectivity index is 1.84. The van der Waals surface area contributed by atoms with Gasteiger partial charge >= 0.3 is 0 Å². The second-order valence-electron chi connectivity index (χ2n) is 5.87. The van der Waals surface area contributed by atoms with E-state index < -0.39 is 6.04 Å². The van der Waals surface area contributed by atoms with E-state index >= 15 is 0 Å². The van der Waals surface area contributed by atoms with Crippen molar-refractivity contribution in [3.63, 3.8) is 0 Å². The van der Waals surface area contributed by atoms with Crippen LogP contribution in [0.5, 0.6) is 0 Å². The van der Waals surface area contributed by atoms with Gasteiger partial charge in [0.1, 0.15) is 16.6 Å². The third kappa shape index (κ3) is 2.09. The fourth-order valence-electron chi connectivity index (χ4n) is 3.22. The zero-order chi connectivity index (χ0) is 17.8. The van der Waals surface area contributed by atoms with Gasteiger partial charge in [-0.15, -0.1) is 21.5 Å². The van der Waals surface area contributed by atoms with Crippen LogP contribution in [-0.4, -0.2) is 16.1 Å². The number of aromatic nitrogens is 2. The van der Waals surface area contributed by atoms with Gasteiger partial charge in [-0.25, -0.2) is 0 Å². The van der Waals surface area contributed by atoms with E-state index in [4.69, 9.17) is 4.42 Å². The molecule has 4 aromatic rings. The summed E-state index contributed by atoms with van der Waals surface area (Å²) < 4.78 is 5.85. The first-order valence-electron chi connectivity index (χ1n) is 7.88. The van der Waals surface area contributed by atoms with Gasteiger partial charge < -0.3 is 4.42 Å². The summed E-state index contributed by atoms with van der Waals surface area (Å²) in [6, 6.07) is 10.2. The molecule has 0 saturated carbocycles. The fraction of sp³-hybridized carbons (Fsp3) is 0.111. The molecule has 1 aliphatic rings. The van der Waals surface area contributed by atoms with E-state index in [1.807, 2.05) is 24.4 Å².